The number of amides is 1. The number of nitrogens with one attached hydrogen (secondary N) is 1. The SMILES string of the molecule is CCC(O)c1ccc(OCC(=O)NCCc2ccc(F)cc2)cc1. The monoisotopic (exact) mass is 331 g/mol. The molecule has 0 radical (unpaired) electrons. The lowest BCUT2D eigenvalue weighted by atomic mass is 10.1. The summed E-state index contributed by atoms with van der Waals surface area (Å²) in [6.07, 6.45) is 0.806. The molecule has 0 heterocycles. The topological polar surface area (TPSA) is 58.6 Å². The maximum absolute atomic E-state index is 12.8. The van der Waals surface area contributed by atoms with Gasteiger partial charge in [-0.05, 0) is 48.2 Å². The van der Waals surface area contributed by atoms with Crippen LogP contribution in [-0.2, 0) is 11.2 Å². The van der Waals surface area contributed by atoms with E-state index in [1.165, 1.54) is 12.1 Å². The zero-order valence-electron chi connectivity index (χ0n) is 13.7. The Morgan fingerprint density at radius 3 is 2.46 bits per heavy atom. The van der Waals surface area contributed by atoms with Gasteiger partial charge in [0.05, 0.1) is 6.10 Å². The van der Waals surface area contributed by atoms with Crippen molar-refractivity contribution in [3.8, 4) is 5.75 Å². The van der Waals surface area contributed by atoms with Gasteiger partial charge in [0.1, 0.15) is 11.6 Å². The van der Waals surface area contributed by atoms with Gasteiger partial charge in [-0.1, -0.05) is 31.2 Å². The summed E-state index contributed by atoms with van der Waals surface area (Å²) in [5.41, 5.74) is 1.79. The lowest BCUT2D eigenvalue weighted by Gasteiger charge is -2.10. The number of carbonyl (C=O) groups excluding carboxylic acids is 1. The van der Waals surface area contributed by atoms with Gasteiger partial charge in [0, 0.05) is 6.54 Å². The number of hydrogen-bond donors (Lipinski definition) is 2. The van der Waals surface area contributed by atoms with Crippen molar-refractivity contribution >= 4 is 5.91 Å². The summed E-state index contributed by atoms with van der Waals surface area (Å²) in [6.45, 7) is 2.31. The van der Waals surface area contributed by atoms with Crippen LogP contribution >= 0.6 is 0 Å². The molecule has 0 aliphatic carbocycles. The zero-order valence-corrected chi connectivity index (χ0v) is 13.7. The molecule has 128 valence electrons. The Hall–Kier alpha value is -2.40. The maximum Gasteiger partial charge on any atom is 0.257 e. The molecule has 0 saturated heterocycles. The van der Waals surface area contributed by atoms with Gasteiger partial charge in [-0.15, -0.1) is 0 Å². The number of rotatable bonds is 8. The highest BCUT2D eigenvalue weighted by molar-refractivity contribution is 5.77. The highest BCUT2D eigenvalue weighted by Gasteiger charge is 2.06. The minimum atomic E-state index is -0.478. The second-order valence-corrected chi connectivity index (χ2v) is 5.51. The molecule has 0 aliphatic rings. The van der Waals surface area contributed by atoms with Gasteiger partial charge in [0.2, 0.25) is 0 Å². The molecule has 5 heteroatoms. The standard InChI is InChI=1S/C19H22FNO3/c1-2-18(22)15-5-9-17(10-6-15)24-13-19(23)21-12-11-14-3-7-16(20)8-4-14/h3-10,18,22H,2,11-13H2,1H3,(H,21,23). The summed E-state index contributed by atoms with van der Waals surface area (Å²) in [6, 6.07) is 13.2. The fourth-order valence-electron chi connectivity index (χ4n) is 2.22. The summed E-state index contributed by atoms with van der Waals surface area (Å²) < 4.78 is 18.2. The van der Waals surface area contributed by atoms with Crippen molar-refractivity contribution in [3.05, 3.63) is 65.5 Å². The number of aliphatic hydroxyl groups is 1. The first-order chi connectivity index (χ1) is 11.6. The summed E-state index contributed by atoms with van der Waals surface area (Å²) in [5, 5.41) is 12.5. The van der Waals surface area contributed by atoms with E-state index in [9.17, 15) is 14.3 Å². The van der Waals surface area contributed by atoms with E-state index in [0.717, 1.165) is 11.1 Å². The number of ether oxygens (including phenoxy) is 1. The summed E-state index contributed by atoms with van der Waals surface area (Å²) >= 11 is 0. The Morgan fingerprint density at radius 1 is 1.17 bits per heavy atom. The molecule has 0 aliphatic heterocycles. The van der Waals surface area contributed by atoms with Gasteiger partial charge in [0.15, 0.2) is 6.61 Å². The summed E-state index contributed by atoms with van der Waals surface area (Å²) in [5.74, 6) is 0.0965. The number of aliphatic hydroxyl groups excluding tert-OH is 1. The zero-order chi connectivity index (χ0) is 17.4. The van der Waals surface area contributed by atoms with E-state index in [4.69, 9.17) is 4.74 Å². The molecule has 0 bridgehead atoms. The Bertz CT molecular complexity index is 641. The fourth-order valence-corrected chi connectivity index (χ4v) is 2.22. The lowest BCUT2D eigenvalue weighted by molar-refractivity contribution is -0.123. The molecule has 4 nitrogen and oxygen atoms in total. The van der Waals surface area contributed by atoms with Crippen LogP contribution in [0.25, 0.3) is 0 Å². The van der Waals surface area contributed by atoms with Crippen LogP contribution in [0.2, 0.25) is 0 Å². The fraction of sp³-hybridized carbons (Fsp3) is 0.316. The van der Waals surface area contributed by atoms with E-state index in [0.29, 0.717) is 25.1 Å². The number of benzene rings is 2. The third-order valence-corrected chi connectivity index (χ3v) is 3.67. The quantitative estimate of drug-likeness (QED) is 0.782. The Balaban J connectivity index is 1.70. The van der Waals surface area contributed by atoms with Crippen molar-refractivity contribution in [1.82, 2.24) is 5.32 Å². The van der Waals surface area contributed by atoms with E-state index in [-0.39, 0.29) is 18.3 Å². The molecule has 2 N–H and O–H groups in total. The average molecular weight is 331 g/mol. The second-order valence-electron chi connectivity index (χ2n) is 5.51. The molecule has 1 unspecified atom stereocenters. The van der Waals surface area contributed by atoms with Crippen LogP contribution in [0.4, 0.5) is 4.39 Å². The van der Waals surface area contributed by atoms with Crippen LogP contribution in [0, 0.1) is 5.82 Å². The molecular weight excluding hydrogens is 309 g/mol. The Kier molecular flexibility index (Phi) is 6.75. The first-order valence-corrected chi connectivity index (χ1v) is 8.00. The maximum atomic E-state index is 12.8. The predicted octanol–water partition coefficient (Wildman–Crippen LogP) is 3.01. The largest absolute Gasteiger partial charge is 0.484 e. The Morgan fingerprint density at radius 2 is 1.83 bits per heavy atom. The molecule has 2 aromatic rings. The van der Waals surface area contributed by atoms with E-state index in [1.54, 1.807) is 36.4 Å². The Labute approximate surface area is 141 Å². The number of halogens is 1. The van der Waals surface area contributed by atoms with Crippen molar-refractivity contribution < 1.29 is 19.0 Å². The number of hydrogen-bond acceptors (Lipinski definition) is 3. The van der Waals surface area contributed by atoms with Gasteiger partial charge < -0.3 is 15.2 Å². The van der Waals surface area contributed by atoms with Crippen molar-refractivity contribution in [2.24, 2.45) is 0 Å². The molecule has 0 aromatic heterocycles. The minimum Gasteiger partial charge on any atom is -0.484 e. The van der Waals surface area contributed by atoms with Crippen LogP contribution in [0.5, 0.6) is 5.75 Å². The van der Waals surface area contributed by atoms with Gasteiger partial charge in [-0.25, -0.2) is 4.39 Å². The summed E-state index contributed by atoms with van der Waals surface area (Å²) in [7, 11) is 0. The van der Waals surface area contributed by atoms with E-state index in [1.807, 2.05) is 6.92 Å². The smallest absolute Gasteiger partial charge is 0.257 e. The van der Waals surface area contributed by atoms with Crippen molar-refractivity contribution in [2.45, 2.75) is 25.9 Å². The van der Waals surface area contributed by atoms with Crippen molar-refractivity contribution in [1.29, 1.82) is 0 Å². The van der Waals surface area contributed by atoms with Gasteiger partial charge in [-0.2, -0.15) is 0 Å². The average Bonchev–Trinajstić information content (AvgIpc) is 2.61. The van der Waals surface area contributed by atoms with Crippen molar-refractivity contribution in [2.75, 3.05) is 13.2 Å². The first kappa shape index (κ1) is 17.9. The molecule has 1 atom stereocenters. The molecule has 0 spiro atoms. The molecule has 0 fully saturated rings. The lowest BCUT2D eigenvalue weighted by Crippen LogP contribution is -2.30. The molecule has 0 saturated carbocycles. The molecule has 2 rings (SSSR count). The molecule has 2 aromatic carbocycles. The third kappa shape index (κ3) is 5.66. The second kappa shape index (κ2) is 9.03. The van der Waals surface area contributed by atoms with Crippen LogP contribution in [0.3, 0.4) is 0 Å². The highest BCUT2D eigenvalue weighted by Crippen LogP contribution is 2.19. The van der Waals surface area contributed by atoms with Crippen LogP contribution in [0.15, 0.2) is 48.5 Å². The van der Waals surface area contributed by atoms with Gasteiger partial charge >= 0.3 is 0 Å². The first-order valence-electron chi connectivity index (χ1n) is 8.00. The highest BCUT2D eigenvalue weighted by atomic mass is 19.1. The van der Waals surface area contributed by atoms with Gasteiger partial charge in [0.25, 0.3) is 5.91 Å². The van der Waals surface area contributed by atoms with Crippen LogP contribution < -0.4 is 10.1 Å². The third-order valence-electron chi connectivity index (χ3n) is 3.67. The summed E-state index contributed by atoms with van der Waals surface area (Å²) in [4.78, 5) is 11.7. The van der Waals surface area contributed by atoms with Crippen LogP contribution in [-0.4, -0.2) is 24.2 Å². The minimum absolute atomic E-state index is 0.0703. The number of carbonyl (C=O) groups is 1. The van der Waals surface area contributed by atoms with Crippen LogP contribution in [0.1, 0.15) is 30.6 Å². The predicted molar refractivity (Wildman–Crippen MR) is 90.3 cm³/mol. The molecule has 1 amide bonds. The van der Waals surface area contributed by atoms with E-state index in [2.05, 4.69) is 5.32 Å². The van der Waals surface area contributed by atoms with E-state index >= 15 is 0 Å². The van der Waals surface area contributed by atoms with Gasteiger partial charge in [-0.3, -0.25) is 4.79 Å². The normalized spacial score (nSPS) is 11.8. The van der Waals surface area contributed by atoms with Crippen molar-refractivity contribution in [3.63, 3.8) is 0 Å². The molecule has 24 heavy (non-hydrogen) atoms. The molecular formula is C19H22FNO3. The van der Waals surface area contributed by atoms with E-state index < -0.39 is 6.10 Å².